The van der Waals surface area contributed by atoms with Gasteiger partial charge in [-0.25, -0.2) is 0 Å². The molecule has 13 heavy (non-hydrogen) atoms. The fourth-order valence-corrected chi connectivity index (χ4v) is 2.37. The molecule has 0 aliphatic heterocycles. The van der Waals surface area contributed by atoms with Crippen molar-refractivity contribution in [1.29, 1.82) is 0 Å². The Kier molecular flexibility index (Phi) is 3.36. The van der Waals surface area contributed by atoms with Crippen molar-refractivity contribution in [3.8, 4) is 0 Å². The van der Waals surface area contributed by atoms with E-state index in [0.29, 0.717) is 5.41 Å². The highest BCUT2D eigenvalue weighted by Gasteiger charge is 2.28. The summed E-state index contributed by atoms with van der Waals surface area (Å²) in [7, 11) is 0. The maximum atomic E-state index is 5.96. The Morgan fingerprint density at radius 3 is 2.15 bits per heavy atom. The Bertz CT molecular complexity index is 160. The quantitative estimate of drug-likeness (QED) is 0.653. The van der Waals surface area contributed by atoms with E-state index in [4.69, 9.17) is 11.5 Å². The maximum absolute atomic E-state index is 5.96. The average molecular weight is 184 g/mol. The smallest absolute Gasteiger partial charge is 0.0194 e. The summed E-state index contributed by atoms with van der Waals surface area (Å²) in [5, 5.41) is 0. The predicted molar refractivity (Wildman–Crippen MR) is 57.4 cm³/mol. The number of rotatable bonds is 1. The molecule has 2 heteroatoms. The lowest BCUT2D eigenvalue weighted by atomic mass is 9.75. The zero-order valence-corrected chi connectivity index (χ0v) is 9.22. The van der Waals surface area contributed by atoms with Crippen LogP contribution in [-0.4, -0.2) is 12.1 Å². The minimum Gasteiger partial charge on any atom is -0.326 e. The van der Waals surface area contributed by atoms with E-state index >= 15 is 0 Å². The third-order valence-corrected chi connectivity index (χ3v) is 2.96. The number of nitrogens with two attached hydrogens (primary N) is 2. The van der Waals surface area contributed by atoms with Crippen LogP contribution in [0.4, 0.5) is 0 Å². The first kappa shape index (κ1) is 11.0. The first-order valence-electron chi connectivity index (χ1n) is 5.39. The molecule has 0 spiro atoms. The third-order valence-electron chi connectivity index (χ3n) is 2.96. The molecule has 1 saturated carbocycles. The monoisotopic (exact) mass is 184 g/mol. The van der Waals surface area contributed by atoms with E-state index in [0.717, 1.165) is 18.8 Å². The van der Waals surface area contributed by atoms with Gasteiger partial charge >= 0.3 is 0 Å². The molecule has 1 aliphatic carbocycles. The van der Waals surface area contributed by atoms with Crippen molar-refractivity contribution in [1.82, 2.24) is 0 Å². The number of hydrogen-bond donors (Lipinski definition) is 2. The molecule has 3 atom stereocenters. The molecule has 1 fully saturated rings. The van der Waals surface area contributed by atoms with E-state index in [1.807, 2.05) is 0 Å². The minimum absolute atomic E-state index is 0.237. The van der Waals surface area contributed by atoms with E-state index in [2.05, 4.69) is 20.8 Å². The number of hydrogen-bond acceptors (Lipinski definition) is 2. The molecule has 0 saturated heterocycles. The van der Waals surface area contributed by atoms with Crippen LogP contribution in [0, 0.1) is 11.3 Å². The zero-order chi connectivity index (χ0) is 10.1. The highest BCUT2D eigenvalue weighted by Crippen LogP contribution is 2.33. The average Bonchev–Trinajstić information content (AvgIpc) is 1.94. The highest BCUT2D eigenvalue weighted by atomic mass is 14.8. The van der Waals surface area contributed by atoms with Crippen molar-refractivity contribution in [2.45, 2.75) is 58.5 Å². The van der Waals surface area contributed by atoms with Crippen molar-refractivity contribution < 1.29 is 0 Å². The van der Waals surface area contributed by atoms with Crippen LogP contribution >= 0.6 is 0 Å². The molecule has 0 bridgehead atoms. The Hall–Kier alpha value is -0.0800. The lowest BCUT2D eigenvalue weighted by molar-refractivity contribution is 0.211. The fourth-order valence-electron chi connectivity index (χ4n) is 2.37. The van der Waals surface area contributed by atoms with Gasteiger partial charge in [0.15, 0.2) is 0 Å². The summed E-state index contributed by atoms with van der Waals surface area (Å²) in [4.78, 5) is 0. The minimum atomic E-state index is 0.237. The molecule has 1 aliphatic rings. The van der Waals surface area contributed by atoms with Gasteiger partial charge in [0.25, 0.3) is 0 Å². The van der Waals surface area contributed by atoms with Gasteiger partial charge in [-0.05, 0) is 37.0 Å². The van der Waals surface area contributed by atoms with Crippen LogP contribution in [0.25, 0.3) is 0 Å². The first-order chi connectivity index (χ1) is 5.88. The van der Waals surface area contributed by atoms with Crippen LogP contribution in [0.3, 0.4) is 0 Å². The first-order valence-corrected chi connectivity index (χ1v) is 5.39. The highest BCUT2D eigenvalue weighted by molar-refractivity contribution is 4.86. The molecular weight excluding hydrogens is 160 g/mol. The SMILES string of the molecule is CC(C)(C)CC1CCC(N)C(N)C1. The Balaban J connectivity index is 2.38. The van der Waals surface area contributed by atoms with Crippen LogP contribution in [0.5, 0.6) is 0 Å². The van der Waals surface area contributed by atoms with Gasteiger partial charge in [0.2, 0.25) is 0 Å². The lowest BCUT2D eigenvalue weighted by Gasteiger charge is -2.35. The van der Waals surface area contributed by atoms with Crippen LogP contribution in [0.1, 0.15) is 46.5 Å². The van der Waals surface area contributed by atoms with Gasteiger partial charge in [0.1, 0.15) is 0 Å². The standard InChI is InChI=1S/C11H24N2/c1-11(2,3)7-8-4-5-9(12)10(13)6-8/h8-10H,4-7,12-13H2,1-3H3. The lowest BCUT2D eigenvalue weighted by Crippen LogP contribution is -2.46. The topological polar surface area (TPSA) is 52.0 Å². The molecule has 78 valence electrons. The van der Waals surface area contributed by atoms with Crippen LogP contribution in [0.15, 0.2) is 0 Å². The van der Waals surface area contributed by atoms with Gasteiger partial charge in [0, 0.05) is 12.1 Å². The predicted octanol–water partition coefficient (Wildman–Crippen LogP) is 1.88. The molecule has 0 aromatic rings. The maximum Gasteiger partial charge on any atom is 0.0194 e. The molecule has 2 nitrogen and oxygen atoms in total. The molecule has 3 unspecified atom stereocenters. The second-order valence-corrected chi connectivity index (χ2v) is 5.77. The van der Waals surface area contributed by atoms with Crippen LogP contribution in [0.2, 0.25) is 0 Å². The second kappa shape index (κ2) is 3.97. The Labute approximate surface area is 82.1 Å². The summed E-state index contributed by atoms with van der Waals surface area (Å²) in [6.07, 6.45) is 4.79. The van der Waals surface area contributed by atoms with Crippen molar-refractivity contribution in [2.24, 2.45) is 22.8 Å². The Morgan fingerprint density at radius 1 is 1.08 bits per heavy atom. The summed E-state index contributed by atoms with van der Waals surface area (Å²) >= 11 is 0. The molecule has 0 amide bonds. The van der Waals surface area contributed by atoms with E-state index in [-0.39, 0.29) is 12.1 Å². The summed E-state index contributed by atoms with van der Waals surface area (Å²) in [5.74, 6) is 0.801. The van der Waals surface area contributed by atoms with Gasteiger partial charge < -0.3 is 11.5 Å². The van der Waals surface area contributed by atoms with Gasteiger partial charge in [-0.1, -0.05) is 20.8 Å². The van der Waals surface area contributed by atoms with Crippen molar-refractivity contribution >= 4 is 0 Å². The van der Waals surface area contributed by atoms with Gasteiger partial charge in [-0.15, -0.1) is 0 Å². The molecule has 4 N–H and O–H groups in total. The van der Waals surface area contributed by atoms with Crippen molar-refractivity contribution in [3.63, 3.8) is 0 Å². The molecule has 0 radical (unpaired) electrons. The molecule has 0 aromatic heterocycles. The van der Waals surface area contributed by atoms with Crippen molar-refractivity contribution in [2.75, 3.05) is 0 Å². The fraction of sp³-hybridized carbons (Fsp3) is 1.00. The van der Waals surface area contributed by atoms with Gasteiger partial charge in [0.05, 0.1) is 0 Å². The summed E-state index contributed by atoms with van der Waals surface area (Å²) in [5.41, 5.74) is 12.3. The van der Waals surface area contributed by atoms with E-state index in [1.165, 1.54) is 12.8 Å². The largest absolute Gasteiger partial charge is 0.326 e. The molecular formula is C11H24N2. The normalized spacial score (nSPS) is 36.2. The summed E-state index contributed by atoms with van der Waals surface area (Å²) in [6, 6.07) is 0.484. The van der Waals surface area contributed by atoms with E-state index in [9.17, 15) is 0 Å². The molecule has 0 heterocycles. The van der Waals surface area contributed by atoms with Crippen LogP contribution < -0.4 is 11.5 Å². The zero-order valence-electron chi connectivity index (χ0n) is 9.22. The molecule has 0 aromatic carbocycles. The molecule has 1 rings (SSSR count). The second-order valence-electron chi connectivity index (χ2n) is 5.77. The van der Waals surface area contributed by atoms with Gasteiger partial charge in [-0.2, -0.15) is 0 Å². The van der Waals surface area contributed by atoms with E-state index in [1.54, 1.807) is 0 Å². The van der Waals surface area contributed by atoms with E-state index < -0.39 is 0 Å². The van der Waals surface area contributed by atoms with Crippen molar-refractivity contribution in [3.05, 3.63) is 0 Å². The third kappa shape index (κ3) is 3.65. The summed E-state index contributed by atoms with van der Waals surface area (Å²) in [6.45, 7) is 6.90. The van der Waals surface area contributed by atoms with Gasteiger partial charge in [-0.3, -0.25) is 0 Å². The van der Waals surface area contributed by atoms with Crippen LogP contribution in [-0.2, 0) is 0 Å². The Morgan fingerprint density at radius 2 is 1.69 bits per heavy atom. The summed E-state index contributed by atoms with van der Waals surface area (Å²) < 4.78 is 0.